The molecule has 0 N–H and O–H groups in total. The number of amides is 1. The number of nitrogens with zero attached hydrogens (tertiary/aromatic N) is 4. The normalized spacial score (nSPS) is 14.8. The van der Waals surface area contributed by atoms with Crippen molar-refractivity contribution in [2.45, 2.75) is 40.5 Å². The maximum atomic E-state index is 12.9. The van der Waals surface area contributed by atoms with E-state index in [0.29, 0.717) is 5.92 Å². The zero-order valence-electron chi connectivity index (χ0n) is 14.3. The van der Waals surface area contributed by atoms with Crippen molar-refractivity contribution in [2.75, 3.05) is 11.6 Å². The fourth-order valence-corrected chi connectivity index (χ4v) is 2.56. The number of rotatable bonds is 4. The smallest absolute Gasteiger partial charge is 0.246 e. The summed E-state index contributed by atoms with van der Waals surface area (Å²) in [6.07, 6.45) is 7.89. The van der Waals surface area contributed by atoms with Crippen molar-refractivity contribution < 1.29 is 4.79 Å². The molecule has 0 bridgehead atoms. The van der Waals surface area contributed by atoms with Crippen molar-refractivity contribution in [1.82, 2.24) is 14.6 Å². The molecule has 1 fully saturated rings. The molecule has 1 amide bonds. The first-order chi connectivity index (χ1) is 10.9. The summed E-state index contributed by atoms with van der Waals surface area (Å²) < 4.78 is 1.91. The SMILES string of the molecule is Cc1nc(-c2cccnc2)cn1N(CC1CC1)C(=O)C(C)(C)C. The molecule has 0 unspecified atom stereocenters. The highest BCUT2D eigenvalue weighted by Crippen LogP contribution is 2.31. The summed E-state index contributed by atoms with van der Waals surface area (Å²) in [5, 5.41) is 1.86. The van der Waals surface area contributed by atoms with Gasteiger partial charge in [-0.1, -0.05) is 20.8 Å². The van der Waals surface area contributed by atoms with Gasteiger partial charge in [0.05, 0.1) is 11.9 Å². The topological polar surface area (TPSA) is 51.0 Å². The Kier molecular flexibility index (Phi) is 3.96. The van der Waals surface area contributed by atoms with Crippen LogP contribution < -0.4 is 5.01 Å². The first-order valence-electron chi connectivity index (χ1n) is 8.15. The summed E-state index contributed by atoms with van der Waals surface area (Å²) in [5.74, 6) is 1.56. The lowest BCUT2D eigenvalue weighted by Gasteiger charge is -2.30. The van der Waals surface area contributed by atoms with Crippen molar-refractivity contribution in [2.24, 2.45) is 11.3 Å². The Hall–Kier alpha value is -2.17. The van der Waals surface area contributed by atoms with Crippen LogP contribution in [-0.2, 0) is 4.79 Å². The minimum atomic E-state index is -0.417. The van der Waals surface area contributed by atoms with E-state index in [1.807, 2.05) is 55.7 Å². The van der Waals surface area contributed by atoms with Crippen molar-refractivity contribution in [3.05, 3.63) is 36.5 Å². The van der Waals surface area contributed by atoms with Gasteiger partial charge in [-0.15, -0.1) is 0 Å². The highest BCUT2D eigenvalue weighted by Gasteiger charge is 2.34. The highest BCUT2D eigenvalue weighted by atomic mass is 16.2. The van der Waals surface area contributed by atoms with E-state index in [9.17, 15) is 4.79 Å². The number of imidazole rings is 1. The summed E-state index contributed by atoms with van der Waals surface area (Å²) in [6, 6.07) is 3.88. The maximum Gasteiger partial charge on any atom is 0.246 e. The Morgan fingerprint density at radius 2 is 2.13 bits per heavy atom. The van der Waals surface area contributed by atoms with Crippen LogP contribution in [0.4, 0.5) is 0 Å². The van der Waals surface area contributed by atoms with E-state index < -0.39 is 5.41 Å². The van der Waals surface area contributed by atoms with Gasteiger partial charge in [0.15, 0.2) is 0 Å². The molecule has 0 aromatic carbocycles. The van der Waals surface area contributed by atoms with Gasteiger partial charge in [0, 0.05) is 29.9 Å². The fourth-order valence-electron chi connectivity index (χ4n) is 2.56. The molecule has 2 aromatic rings. The van der Waals surface area contributed by atoms with Crippen LogP contribution in [0, 0.1) is 18.3 Å². The van der Waals surface area contributed by atoms with Gasteiger partial charge in [-0.2, -0.15) is 0 Å². The second-order valence-electron chi connectivity index (χ2n) is 7.34. The third-order valence-corrected chi connectivity index (χ3v) is 4.08. The van der Waals surface area contributed by atoms with E-state index in [4.69, 9.17) is 0 Å². The summed E-state index contributed by atoms with van der Waals surface area (Å²) in [7, 11) is 0. The molecule has 2 aromatic heterocycles. The molecule has 1 aliphatic carbocycles. The zero-order chi connectivity index (χ0) is 16.6. The summed E-state index contributed by atoms with van der Waals surface area (Å²) in [4.78, 5) is 21.7. The van der Waals surface area contributed by atoms with Crippen LogP contribution in [-0.4, -0.2) is 27.1 Å². The molecule has 122 valence electrons. The first-order valence-corrected chi connectivity index (χ1v) is 8.15. The largest absolute Gasteiger partial charge is 0.272 e. The molecule has 0 spiro atoms. The van der Waals surface area contributed by atoms with Crippen LogP contribution >= 0.6 is 0 Å². The standard InChI is InChI=1S/C18H24N4O/c1-13-20-16(15-6-5-9-19-10-15)12-21(13)22(11-14-7-8-14)17(23)18(2,3)4/h5-6,9-10,12,14H,7-8,11H2,1-4H3. The molecule has 2 heterocycles. The Bertz CT molecular complexity index is 696. The highest BCUT2D eigenvalue weighted by molar-refractivity contribution is 5.90. The molecule has 1 saturated carbocycles. The second kappa shape index (κ2) is 5.80. The summed E-state index contributed by atoms with van der Waals surface area (Å²) in [5.41, 5.74) is 1.39. The van der Waals surface area contributed by atoms with E-state index >= 15 is 0 Å². The van der Waals surface area contributed by atoms with E-state index in [2.05, 4.69) is 9.97 Å². The summed E-state index contributed by atoms with van der Waals surface area (Å²) in [6.45, 7) is 8.59. The number of carbonyl (C=O) groups is 1. The van der Waals surface area contributed by atoms with Crippen molar-refractivity contribution in [3.8, 4) is 11.3 Å². The molecule has 0 atom stereocenters. The first kappa shape index (κ1) is 15.7. The van der Waals surface area contributed by atoms with Crippen LogP contribution in [0.3, 0.4) is 0 Å². The number of hydrogen-bond donors (Lipinski definition) is 0. The lowest BCUT2D eigenvalue weighted by atomic mass is 9.95. The number of hydrogen-bond acceptors (Lipinski definition) is 3. The average Bonchev–Trinajstić information content (AvgIpc) is 3.25. The van der Waals surface area contributed by atoms with Gasteiger partial charge in [-0.25, -0.2) is 14.7 Å². The lowest BCUT2D eigenvalue weighted by Crippen LogP contribution is -2.48. The van der Waals surface area contributed by atoms with Crippen LogP contribution in [0.15, 0.2) is 30.7 Å². The number of pyridine rings is 1. The second-order valence-corrected chi connectivity index (χ2v) is 7.34. The van der Waals surface area contributed by atoms with Gasteiger partial charge in [0.2, 0.25) is 5.91 Å². The molecule has 3 rings (SSSR count). The van der Waals surface area contributed by atoms with Crippen molar-refractivity contribution >= 4 is 5.91 Å². The zero-order valence-corrected chi connectivity index (χ0v) is 14.3. The van der Waals surface area contributed by atoms with E-state index in [1.54, 1.807) is 12.4 Å². The van der Waals surface area contributed by atoms with Crippen LogP contribution in [0.2, 0.25) is 0 Å². The monoisotopic (exact) mass is 312 g/mol. The minimum absolute atomic E-state index is 0.127. The van der Waals surface area contributed by atoms with Gasteiger partial charge in [0.25, 0.3) is 0 Å². The van der Waals surface area contributed by atoms with Gasteiger partial charge in [-0.3, -0.25) is 9.78 Å². The van der Waals surface area contributed by atoms with Crippen LogP contribution in [0.5, 0.6) is 0 Å². The third kappa shape index (κ3) is 3.44. The quantitative estimate of drug-likeness (QED) is 0.871. The van der Waals surface area contributed by atoms with E-state index in [1.165, 1.54) is 12.8 Å². The molecule has 5 heteroatoms. The molecule has 23 heavy (non-hydrogen) atoms. The predicted octanol–water partition coefficient (Wildman–Crippen LogP) is 3.17. The number of carbonyl (C=O) groups excluding carboxylic acids is 1. The van der Waals surface area contributed by atoms with E-state index in [-0.39, 0.29) is 5.91 Å². The average molecular weight is 312 g/mol. The molecule has 0 aliphatic heterocycles. The Morgan fingerprint density at radius 3 is 2.70 bits per heavy atom. The minimum Gasteiger partial charge on any atom is -0.272 e. The van der Waals surface area contributed by atoms with E-state index in [0.717, 1.165) is 23.6 Å². The number of aryl methyl sites for hydroxylation is 1. The van der Waals surface area contributed by atoms with Crippen LogP contribution in [0.1, 0.15) is 39.4 Å². The molecule has 0 radical (unpaired) electrons. The van der Waals surface area contributed by atoms with Gasteiger partial charge in [0.1, 0.15) is 5.82 Å². The van der Waals surface area contributed by atoms with Gasteiger partial charge >= 0.3 is 0 Å². The van der Waals surface area contributed by atoms with Gasteiger partial charge < -0.3 is 0 Å². The molecule has 1 aliphatic rings. The molecule has 5 nitrogen and oxygen atoms in total. The Morgan fingerprint density at radius 1 is 1.39 bits per heavy atom. The maximum absolute atomic E-state index is 12.9. The van der Waals surface area contributed by atoms with Crippen molar-refractivity contribution in [1.29, 1.82) is 0 Å². The number of aromatic nitrogens is 3. The van der Waals surface area contributed by atoms with Gasteiger partial charge in [-0.05, 0) is 37.8 Å². The summed E-state index contributed by atoms with van der Waals surface area (Å²) >= 11 is 0. The molecular formula is C18H24N4O. The van der Waals surface area contributed by atoms with Crippen LogP contribution in [0.25, 0.3) is 11.3 Å². The Balaban J connectivity index is 1.96. The predicted molar refractivity (Wildman–Crippen MR) is 90.5 cm³/mol. The molecule has 0 saturated heterocycles. The Labute approximate surface area is 137 Å². The third-order valence-electron chi connectivity index (χ3n) is 4.08. The lowest BCUT2D eigenvalue weighted by molar-refractivity contribution is -0.127. The fraction of sp³-hybridized carbons (Fsp3) is 0.500. The molecular weight excluding hydrogens is 288 g/mol. The van der Waals surface area contributed by atoms with Crippen molar-refractivity contribution in [3.63, 3.8) is 0 Å².